The van der Waals surface area contributed by atoms with Crippen molar-refractivity contribution in [3.63, 3.8) is 0 Å². The molecule has 1 N–H and O–H groups in total. The van der Waals surface area contributed by atoms with E-state index in [0.717, 1.165) is 25.9 Å². The van der Waals surface area contributed by atoms with Gasteiger partial charge in [0.05, 0.1) is 13.2 Å². The van der Waals surface area contributed by atoms with Crippen LogP contribution >= 0.6 is 0 Å². The largest absolute Gasteiger partial charge is 0.388 e. The van der Waals surface area contributed by atoms with Gasteiger partial charge in [0, 0.05) is 25.6 Å². The molecule has 0 fully saturated rings. The molecule has 0 aromatic carbocycles. The first-order valence-electron chi connectivity index (χ1n) is 14.1. The Labute approximate surface area is 204 Å². The van der Waals surface area contributed by atoms with Gasteiger partial charge in [0.25, 0.3) is 0 Å². The van der Waals surface area contributed by atoms with Crippen LogP contribution in [0.1, 0.15) is 122 Å². The lowest BCUT2D eigenvalue weighted by atomic mass is 10.0. The zero-order chi connectivity index (χ0) is 23.7. The summed E-state index contributed by atoms with van der Waals surface area (Å²) in [6, 6.07) is 4.03. The Balaban J connectivity index is 1.71. The standard InChI is InChI=1S/C29H53NO3/c1-2-3-4-5-6-7-8-9-10-11-12-13-14-15-16-17-23-32-26-29(31)27-33-24-19-21-28-20-18-22-30-25-28/h18,20,22,25,29,31H,2-17,19,21,23-24,26-27H2,1H3. The number of aliphatic hydroxyl groups is 1. The summed E-state index contributed by atoms with van der Waals surface area (Å²) in [5.74, 6) is 0. The molecule has 0 aliphatic heterocycles. The summed E-state index contributed by atoms with van der Waals surface area (Å²) in [6.07, 6.45) is 27.1. The Kier molecular flexibility index (Phi) is 22.0. The maximum Gasteiger partial charge on any atom is 0.101 e. The number of rotatable bonds is 25. The Morgan fingerprint density at radius 2 is 1.18 bits per heavy atom. The quantitative estimate of drug-likeness (QED) is 0.151. The van der Waals surface area contributed by atoms with Crippen LogP contribution in [0.4, 0.5) is 0 Å². The fraction of sp³-hybridized carbons (Fsp3) is 0.828. The van der Waals surface area contributed by atoms with E-state index in [4.69, 9.17) is 9.47 Å². The van der Waals surface area contributed by atoms with Gasteiger partial charge in [-0.25, -0.2) is 0 Å². The monoisotopic (exact) mass is 463 g/mol. The van der Waals surface area contributed by atoms with E-state index < -0.39 is 6.10 Å². The molecule has 33 heavy (non-hydrogen) atoms. The normalized spacial score (nSPS) is 12.3. The number of ether oxygens (including phenoxy) is 2. The molecule has 1 heterocycles. The molecule has 1 unspecified atom stereocenters. The van der Waals surface area contributed by atoms with E-state index in [1.54, 1.807) is 6.20 Å². The van der Waals surface area contributed by atoms with Crippen molar-refractivity contribution in [3.05, 3.63) is 30.1 Å². The maximum atomic E-state index is 9.94. The van der Waals surface area contributed by atoms with Crippen molar-refractivity contribution in [1.29, 1.82) is 0 Å². The minimum absolute atomic E-state index is 0.353. The van der Waals surface area contributed by atoms with Crippen LogP contribution in [0.5, 0.6) is 0 Å². The maximum absolute atomic E-state index is 9.94. The summed E-state index contributed by atoms with van der Waals surface area (Å²) in [5.41, 5.74) is 1.23. The summed E-state index contributed by atoms with van der Waals surface area (Å²) in [4.78, 5) is 4.11. The fourth-order valence-electron chi connectivity index (χ4n) is 4.16. The third-order valence-corrected chi connectivity index (χ3v) is 6.24. The van der Waals surface area contributed by atoms with Crippen molar-refractivity contribution in [2.75, 3.05) is 26.4 Å². The molecule has 0 bridgehead atoms. The molecular formula is C29H53NO3. The zero-order valence-electron chi connectivity index (χ0n) is 21.7. The van der Waals surface area contributed by atoms with Gasteiger partial charge in [0.2, 0.25) is 0 Å². The molecule has 0 saturated carbocycles. The number of hydrogen-bond acceptors (Lipinski definition) is 4. The summed E-state index contributed by atoms with van der Waals surface area (Å²) < 4.78 is 11.2. The van der Waals surface area contributed by atoms with Crippen molar-refractivity contribution < 1.29 is 14.6 Å². The molecule has 192 valence electrons. The second-order valence-electron chi connectivity index (χ2n) is 9.57. The highest BCUT2D eigenvalue weighted by Crippen LogP contribution is 2.13. The molecule has 1 rings (SSSR count). The molecule has 1 aromatic rings. The summed E-state index contributed by atoms with van der Waals surface area (Å²) >= 11 is 0. The van der Waals surface area contributed by atoms with Crippen LogP contribution in [0.3, 0.4) is 0 Å². The van der Waals surface area contributed by atoms with E-state index in [2.05, 4.69) is 18.0 Å². The van der Waals surface area contributed by atoms with E-state index >= 15 is 0 Å². The van der Waals surface area contributed by atoms with E-state index in [1.165, 1.54) is 102 Å². The highest BCUT2D eigenvalue weighted by molar-refractivity contribution is 5.08. The third kappa shape index (κ3) is 21.3. The van der Waals surface area contributed by atoms with Crippen LogP contribution in [-0.4, -0.2) is 42.6 Å². The molecule has 0 amide bonds. The van der Waals surface area contributed by atoms with Gasteiger partial charge in [-0.2, -0.15) is 0 Å². The lowest BCUT2D eigenvalue weighted by molar-refractivity contribution is -0.0198. The molecular weight excluding hydrogens is 410 g/mol. The van der Waals surface area contributed by atoms with Gasteiger partial charge in [-0.3, -0.25) is 4.98 Å². The topological polar surface area (TPSA) is 51.6 Å². The van der Waals surface area contributed by atoms with Crippen molar-refractivity contribution >= 4 is 0 Å². The van der Waals surface area contributed by atoms with Gasteiger partial charge >= 0.3 is 0 Å². The van der Waals surface area contributed by atoms with Crippen LogP contribution in [0.2, 0.25) is 0 Å². The van der Waals surface area contributed by atoms with E-state index in [1.807, 2.05) is 12.3 Å². The molecule has 1 aromatic heterocycles. The minimum atomic E-state index is -0.524. The third-order valence-electron chi connectivity index (χ3n) is 6.24. The minimum Gasteiger partial charge on any atom is -0.388 e. The lowest BCUT2D eigenvalue weighted by Gasteiger charge is -2.12. The number of nitrogens with zero attached hydrogens (tertiary/aromatic N) is 1. The van der Waals surface area contributed by atoms with Gasteiger partial charge in [0.1, 0.15) is 6.10 Å². The Hall–Kier alpha value is -0.970. The number of pyridine rings is 1. The molecule has 0 aliphatic carbocycles. The molecule has 4 nitrogen and oxygen atoms in total. The van der Waals surface area contributed by atoms with Crippen LogP contribution < -0.4 is 0 Å². The number of aromatic nitrogens is 1. The SMILES string of the molecule is CCCCCCCCCCCCCCCCCCOCC(O)COCCCc1cccnc1. The number of aliphatic hydroxyl groups excluding tert-OH is 1. The predicted molar refractivity (Wildman–Crippen MR) is 140 cm³/mol. The molecule has 0 spiro atoms. The van der Waals surface area contributed by atoms with Crippen LogP contribution in [0.15, 0.2) is 24.5 Å². The van der Waals surface area contributed by atoms with Gasteiger partial charge in [-0.15, -0.1) is 0 Å². The second kappa shape index (κ2) is 24.2. The Bertz CT molecular complexity index is 497. The van der Waals surface area contributed by atoms with Crippen molar-refractivity contribution in [3.8, 4) is 0 Å². The van der Waals surface area contributed by atoms with Gasteiger partial charge in [-0.05, 0) is 30.9 Å². The highest BCUT2D eigenvalue weighted by atomic mass is 16.5. The predicted octanol–water partition coefficient (Wildman–Crippen LogP) is 7.67. The number of aryl methyl sites for hydroxylation is 1. The van der Waals surface area contributed by atoms with Gasteiger partial charge in [0.15, 0.2) is 0 Å². The van der Waals surface area contributed by atoms with Crippen LogP contribution in [0.25, 0.3) is 0 Å². The first-order chi connectivity index (χ1) is 16.3. The first-order valence-corrected chi connectivity index (χ1v) is 14.1. The smallest absolute Gasteiger partial charge is 0.101 e. The van der Waals surface area contributed by atoms with Crippen molar-refractivity contribution in [1.82, 2.24) is 4.98 Å². The Morgan fingerprint density at radius 1 is 0.697 bits per heavy atom. The van der Waals surface area contributed by atoms with Crippen molar-refractivity contribution in [2.45, 2.75) is 129 Å². The molecule has 4 heteroatoms. The van der Waals surface area contributed by atoms with Gasteiger partial charge < -0.3 is 14.6 Å². The Morgan fingerprint density at radius 3 is 1.67 bits per heavy atom. The average Bonchev–Trinajstić information content (AvgIpc) is 2.83. The molecule has 0 radical (unpaired) electrons. The highest BCUT2D eigenvalue weighted by Gasteiger charge is 2.04. The fourth-order valence-corrected chi connectivity index (χ4v) is 4.16. The first kappa shape index (κ1) is 30.1. The van der Waals surface area contributed by atoms with Gasteiger partial charge in [-0.1, -0.05) is 109 Å². The second-order valence-corrected chi connectivity index (χ2v) is 9.57. The van der Waals surface area contributed by atoms with Crippen molar-refractivity contribution in [2.24, 2.45) is 0 Å². The van der Waals surface area contributed by atoms with E-state index in [0.29, 0.717) is 19.8 Å². The molecule has 1 atom stereocenters. The lowest BCUT2D eigenvalue weighted by Crippen LogP contribution is -2.22. The average molecular weight is 464 g/mol. The van der Waals surface area contributed by atoms with Crippen LogP contribution in [0, 0.1) is 0 Å². The van der Waals surface area contributed by atoms with Crippen LogP contribution in [-0.2, 0) is 15.9 Å². The molecule has 0 saturated heterocycles. The summed E-state index contributed by atoms with van der Waals surface area (Å²) in [7, 11) is 0. The van der Waals surface area contributed by atoms with E-state index in [9.17, 15) is 5.11 Å². The molecule has 0 aliphatic rings. The number of unbranched alkanes of at least 4 members (excludes halogenated alkanes) is 15. The van der Waals surface area contributed by atoms with E-state index in [-0.39, 0.29) is 0 Å². The summed E-state index contributed by atoms with van der Waals surface area (Å²) in [5, 5.41) is 9.94. The number of hydrogen-bond donors (Lipinski definition) is 1. The zero-order valence-corrected chi connectivity index (χ0v) is 21.7. The summed E-state index contributed by atoms with van der Waals surface area (Å²) in [6.45, 7) is 4.42.